The number of carbonyl (C=O) groups is 2. The highest BCUT2D eigenvalue weighted by Crippen LogP contribution is 2.21. The average Bonchev–Trinajstić information content (AvgIpc) is 3.14. The fourth-order valence-corrected chi connectivity index (χ4v) is 3.01. The highest BCUT2D eigenvalue weighted by atomic mass is 32.1. The van der Waals surface area contributed by atoms with Crippen LogP contribution in [0.4, 0.5) is 5.69 Å². The van der Waals surface area contributed by atoms with Crippen molar-refractivity contribution in [1.29, 1.82) is 0 Å². The zero-order valence-corrected chi connectivity index (χ0v) is 13.8. The lowest BCUT2D eigenvalue weighted by molar-refractivity contribution is -0.116. The molecule has 2 aromatic heterocycles. The monoisotopic (exact) mass is 339 g/mol. The third kappa shape index (κ3) is 3.97. The molecule has 0 saturated heterocycles. The van der Waals surface area contributed by atoms with Crippen molar-refractivity contribution >= 4 is 39.7 Å². The van der Waals surface area contributed by atoms with Gasteiger partial charge in [-0.3, -0.25) is 14.6 Å². The Labute approximate surface area is 143 Å². The van der Waals surface area contributed by atoms with Crippen LogP contribution in [0.1, 0.15) is 23.2 Å². The van der Waals surface area contributed by atoms with Gasteiger partial charge in [0.25, 0.3) is 5.91 Å². The Morgan fingerprint density at radius 3 is 2.88 bits per heavy atom. The predicted molar refractivity (Wildman–Crippen MR) is 96.3 cm³/mol. The number of anilines is 1. The Kier molecular flexibility index (Phi) is 5.18. The van der Waals surface area contributed by atoms with Gasteiger partial charge in [-0.25, -0.2) is 0 Å². The molecule has 3 rings (SSSR count). The molecule has 0 unspecified atom stereocenters. The second-order valence-electron chi connectivity index (χ2n) is 5.30. The minimum atomic E-state index is -0.100. The van der Waals surface area contributed by atoms with Gasteiger partial charge in [0, 0.05) is 35.5 Å². The van der Waals surface area contributed by atoms with Crippen molar-refractivity contribution < 1.29 is 9.59 Å². The van der Waals surface area contributed by atoms with Crippen LogP contribution in [0.25, 0.3) is 10.9 Å². The number of amides is 2. The quantitative estimate of drug-likeness (QED) is 0.676. The van der Waals surface area contributed by atoms with Crippen LogP contribution in [0.2, 0.25) is 0 Å². The van der Waals surface area contributed by atoms with E-state index in [4.69, 9.17) is 0 Å². The number of nitrogens with zero attached hydrogens (tertiary/aromatic N) is 1. The van der Waals surface area contributed by atoms with Gasteiger partial charge in [-0.15, -0.1) is 0 Å². The zero-order valence-electron chi connectivity index (χ0n) is 13.0. The number of aromatic nitrogens is 1. The molecule has 0 bridgehead atoms. The van der Waals surface area contributed by atoms with Gasteiger partial charge in [-0.2, -0.15) is 11.3 Å². The first-order valence-electron chi connectivity index (χ1n) is 7.68. The van der Waals surface area contributed by atoms with Crippen LogP contribution in [0.15, 0.2) is 53.4 Å². The molecule has 2 amide bonds. The molecule has 0 atom stereocenters. The number of hydrogen-bond acceptors (Lipinski definition) is 4. The molecule has 0 radical (unpaired) electrons. The van der Waals surface area contributed by atoms with Crippen molar-refractivity contribution in [3.05, 3.63) is 58.9 Å². The van der Waals surface area contributed by atoms with E-state index >= 15 is 0 Å². The number of benzene rings is 1. The fourth-order valence-electron chi connectivity index (χ4n) is 2.37. The Bertz CT molecular complexity index is 841. The van der Waals surface area contributed by atoms with Crippen LogP contribution in [-0.4, -0.2) is 23.3 Å². The molecule has 3 aromatic rings. The summed E-state index contributed by atoms with van der Waals surface area (Å²) in [6, 6.07) is 11.2. The van der Waals surface area contributed by atoms with Gasteiger partial charge in [0.2, 0.25) is 5.91 Å². The predicted octanol–water partition coefficient (Wildman–Crippen LogP) is 3.45. The maximum Gasteiger partial charge on any atom is 0.252 e. The van der Waals surface area contributed by atoms with E-state index in [0.29, 0.717) is 24.9 Å². The summed E-state index contributed by atoms with van der Waals surface area (Å²) in [4.78, 5) is 28.1. The van der Waals surface area contributed by atoms with Gasteiger partial charge in [0.15, 0.2) is 0 Å². The summed E-state index contributed by atoms with van der Waals surface area (Å²) in [6.07, 6.45) is 2.66. The van der Waals surface area contributed by atoms with Crippen LogP contribution >= 0.6 is 11.3 Å². The third-order valence-electron chi connectivity index (χ3n) is 3.57. The topological polar surface area (TPSA) is 71.1 Å². The van der Waals surface area contributed by atoms with Gasteiger partial charge in [0.05, 0.1) is 11.2 Å². The molecule has 0 aliphatic rings. The third-order valence-corrected chi connectivity index (χ3v) is 4.25. The van der Waals surface area contributed by atoms with E-state index in [0.717, 1.165) is 16.6 Å². The summed E-state index contributed by atoms with van der Waals surface area (Å²) < 4.78 is 0. The standard InChI is InChI=1S/C18H17N3O2S/c22-17(7-3-10-20-18(23)13-8-11-24-12-13)21-16-6-1-5-15-14(16)4-2-9-19-15/h1-2,4-6,8-9,11-12H,3,7,10H2,(H,20,23)(H,21,22). The van der Waals surface area contributed by atoms with Crippen molar-refractivity contribution in [2.45, 2.75) is 12.8 Å². The first-order chi connectivity index (χ1) is 11.7. The van der Waals surface area contributed by atoms with Crippen LogP contribution in [0.3, 0.4) is 0 Å². The molecule has 0 aliphatic heterocycles. The van der Waals surface area contributed by atoms with Crippen LogP contribution < -0.4 is 10.6 Å². The van der Waals surface area contributed by atoms with Crippen molar-refractivity contribution in [1.82, 2.24) is 10.3 Å². The van der Waals surface area contributed by atoms with Crippen molar-refractivity contribution in [3.8, 4) is 0 Å². The molecule has 0 saturated carbocycles. The van der Waals surface area contributed by atoms with E-state index in [1.165, 1.54) is 11.3 Å². The molecule has 2 N–H and O–H groups in total. The summed E-state index contributed by atoms with van der Waals surface area (Å²) in [6.45, 7) is 0.471. The Balaban J connectivity index is 1.48. The van der Waals surface area contributed by atoms with E-state index in [2.05, 4.69) is 15.6 Å². The van der Waals surface area contributed by atoms with Gasteiger partial charge >= 0.3 is 0 Å². The molecule has 1 aromatic carbocycles. The van der Waals surface area contributed by atoms with Gasteiger partial charge in [0.1, 0.15) is 0 Å². The molecule has 122 valence electrons. The number of carbonyl (C=O) groups excluding carboxylic acids is 2. The lowest BCUT2D eigenvalue weighted by Crippen LogP contribution is -2.25. The maximum absolute atomic E-state index is 12.1. The molecule has 2 heterocycles. The number of thiophene rings is 1. The van der Waals surface area contributed by atoms with Crippen molar-refractivity contribution in [2.75, 3.05) is 11.9 Å². The number of rotatable bonds is 6. The second-order valence-corrected chi connectivity index (χ2v) is 6.08. The molecule has 0 fully saturated rings. The van der Waals surface area contributed by atoms with Crippen molar-refractivity contribution in [3.63, 3.8) is 0 Å². The molecule has 0 aliphatic carbocycles. The summed E-state index contributed by atoms with van der Waals surface area (Å²) in [7, 11) is 0. The SMILES string of the molecule is O=C(CCCNC(=O)c1ccsc1)Nc1cccc2ncccc12. The Morgan fingerprint density at radius 2 is 2.04 bits per heavy atom. The van der Waals surface area contributed by atoms with Gasteiger partial charge in [-0.1, -0.05) is 6.07 Å². The van der Waals surface area contributed by atoms with E-state index in [1.54, 1.807) is 17.6 Å². The number of fused-ring (bicyclic) bond motifs is 1. The number of hydrogen-bond donors (Lipinski definition) is 2. The first kappa shape index (κ1) is 16.1. The molecule has 0 spiro atoms. The normalized spacial score (nSPS) is 10.5. The molecule has 24 heavy (non-hydrogen) atoms. The summed E-state index contributed by atoms with van der Waals surface area (Å²) in [5.41, 5.74) is 2.26. The van der Waals surface area contributed by atoms with Crippen LogP contribution in [-0.2, 0) is 4.79 Å². The Hall–Kier alpha value is -2.73. The second kappa shape index (κ2) is 7.70. The van der Waals surface area contributed by atoms with Crippen LogP contribution in [0, 0.1) is 0 Å². The number of nitrogens with one attached hydrogen (secondary N) is 2. The van der Waals surface area contributed by atoms with Gasteiger partial charge in [-0.05, 0) is 42.1 Å². The minimum Gasteiger partial charge on any atom is -0.352 e. The lowest BCUT2D eigenvalue weighted by Gasteiger charge is -2.08. The largest absolute Gasteiger partial charge is 0.352 e. The molecule has 6 heteroatoms. The average molecular weight is 339 g/mol. The lowest BCUT2D eigenvalue weighted by atomic mass is 10.1. The summed E-state index contributed by atoms with van der Waals surface area (Å²) >= 11 is 1.48. The van der Waals surface area contributed by atoms with E-state index in [-0.39, 0.29) is 11.8 Å². The minimum absolute atomic E-state index is 0.0730. The first-order valence-corrected chi connectivity index (χ1v) is 8.62. The maximum atomic E-state index is 12.1. The van der Waals surface area contributed by atoms with E-state index in [9.17, 15) is 9.59 Å². The van der Waals surface area contributed by atoms with E-state index < -0.39 is 0 Å². The highest BCUT2D eigenvalue weighted by molar-refractivity contribution is 7.08. The van der Waals surface area contributed by atoms with Crippen LogP contribution in [0.5, 0.6) is 0 Å². The summed E-state index contributed by atoms with van der Waals surface area (Å²) in [5.74, 6) is -0.173. The summed E-state index contributed by atoms with van der Waals surface area (Å²) in [5, 5.41) is 10.3. The fraction of sp³-hybridized carbons (Fsp3) is 0.167. The zero-order chi connectivity index (χ0) is 16.8. The van der Waals surface area contributed by atoms with E-state index in [1.807, 2.05) is 35.7 Å². The molecular weight excluding hydrogens is 322 g/mol. The van der Waals surface area contributed by atoms with Gasteiger partial charge < -0.3 is 10.6 Å². The Morgan fingerprint density at radius 1 is 1.12 bits per heavy atom. The highest BCUT2D eigenvalue weighted by Gasteiger charge is 2.08. The smallest absolute Gasteiger partial charge is 0.252 e. The molecule has 5 nitrogen and oxygen atoms in total. The number of pyridine rings is 1. The van der Waals surface area contributed by atoms with Crippen molar-refractivity contribution in [2.24, 2.45) is 0 Å². The molecular formula is C18H17N3O2S.